The van der Waals surface area contributed by atoms with Crippen molar-refractivity contribution in [2.24, 2.45) is 5.92 Å². The van der Waals surface area contributed by atoms with E-state index in [9.17, 15) is 14.4 Å². The van der Waals surface area contributed by atoms with Crippen LogP contribution in [0.5, 0.6) is 0 Å². The molecule has 1 heterocycles. The average Bonchev–Trinajstić information content (AvgIpc) is 2.36. The molecule has 0 saturated carbocycles. The number of Topliss-reactive ketones (excluding diaryl/α,β-unsaturated/α-hetero) is 1. The number of amides is 1. The normalized spacial score (nSPS) is 12.4. The van der Waals surface area contributed by atoms with E-state index in [0.717, 1.165) is 6.29 Å². The van der Waals surface area contributed by atoms with Gasteiger partial charge in [-0.15, -0.1) is 0 Å². The van der Waals surface area contributed by atoms with Crippen molar-refractivity contribution in [3.8, 4) is 0 Å². The van der Waals surface area contributed by atoms with Crippen LogP contribution in [0.4, 0.5) is 10.6 Å². The minimum Gasteiger partial charge on any atom is -0.444 e. The molecule has 0 spiro atoms. The van der Waals surface area contributed by atoms with Crippen LogP contribution in [0.25, 0.3) is 0 Å². The Morgan fingerprint density at radius 3 is 2.64 bits per heavy atom. The van der Waals surface area contributed by atoms with E-state index in [4.69, 9.17) is 4.74 Å². The van der Waals surface area contributed by atoms with Crippen LogP contribution >= 0.6 is 0 Å². The molecular formula is C16H22N2O4. The molecule has 6 nitrogen and oxygen atoms in total. The number of anilines is 1. The molecular weight excluding hydrogens is 284 g/mol. The SMILES string of the molecule is C[C@H](CC=O)CC(=O)c1cccc(NC(=O)OC(C)(C)C)n1. The van der Waals surface area contributed by atoms with Crippen LogP contribution in [0.2, 0.25) is 0 Å². The summed E-state index contributed by atoms with van der Waals surface area (Å²) in [6.07, 6.45) is 0.744. The Morgan fingerprint density at radius 1 is 1.36 bits per heavy atom. The summed E-state index contributed by atoms with van der Waals surface area (Å²) in [5.74, 6) is 0.0552. The fourth-order valence-corrected chi connectivity index (χ4v) is 1.74. The number of ether oxygens (including phenoxy) is 1. The number of pyridine rings is 1. The number of nitrogens with zero attached hydrogens (tertiary/aromatic N) is 1. The van der Waals surface area contributed by atoms with Crippen LogP contribution in [-0.2, 0) is 9.53 Å². The summed E-state index contributed by atoms with van der Waals surface area (Å²) in [6.45, 7) is 7.10. The molecule has 0 unspecified atom stereocenters. The molecule has 1 aromatic heterocycles. The van der Waals surface area contributed by atoms with Crippen LogP contribution in [0.3, 0.4) is 0 Å². The second kappa shape index (κ2) is 7.68. The Hall–Kier alpha value is -2.24. The van der Waals surface area contributed by atoms with E-state index in [2.05, 4.69) is 10.3 Å². The number of hydrogen-bond donors (Lipinski definition) is 1. The van der Waals surface area contributed by atoms with E-state index >= 15 is 0 Å². The highest BCUT2D eigenvalue weighted by molar-refractivity contribution is 5.95. The predicted octanol–water partition coefficient (Wildman–Crippen LogP) is 3.23. The van der Waals surface area contributed by atoms with Crippen molar-refractivity contribution in [1.82, 2.24) is 4.98 Å². The number of carbonyl (C=O) groups is 3. The van der Waals surface area contributed by atoms with Crippen molar-refractivity contribution in [2.75, 3.05) is 5.32 Å². The van der Waals surface area contributed by atoms with Gasteiger partial charge in [0.05, 0.1) is 0 Å². The van der Waals surface area contributed by atoms with E-state index < -0.39 is 11.7 Å². The van der Waals surface area contributed by atoms with Gasteiger partial charge in [0, 0.05) is 12.8 Å². The zero-order valence-electron chi connectivity index (χ0n) is 13.4. The van der Waals surface area contributed by atoms with Crippen molar-refractivity contribution in [1.29, 1.82) is 0 Å². The van der Waals surface area contributed by atoms with Gasteiger partial charge in [-0.3, -0.25) is 10.1 Å². The first kappa shape index (κ1) is 17.8. The quantitative estimate of drug-likeness (QED) is 0.644. The van der Waals surface area contributed by atoms with Crippen molar-refractivity contribution < 1.29 is 19.1 Å². The fourth-order valence-electron chi connectivity index (χ4n) is 1.74. The average molecular weight is 306 g/mol. The highest BCUT2D eigenvalue weighted by atomic mass is 16.6. The summed E-state index contributed by atoms with van der Waals surface area (Å²) < 4.78 is 5.12. The lowest BCUT2D eigenvalue weighted by atomic mass is 10.00. The van der Waals surface area contributed by atoms with Gasteiger partial charge in [0.25, 0.3) is 0 Å². The number of carbonyl (C=O) groups excluding carboxylic acids is 3. The van der Waals surface area contributed by atoms with E-state index in [0.29, 0.717) is 6.42 Å². The Labute approximate surface area is 130 Å². The van der Waals surface area contributed by atoms with Gasteiger partial charge in [-0.2, -0.15) is 0 Å². The zero-order valence-corrected chi connectivity index (χ0v) is 13.4. The molecule has 0 radical (unpaired) electrons. The number of aromatic nitrogens is 1. The molecule has 0 aliphatic heterocycles. The molecule has 1 N–H and O–H groups in total. The summed E-state index contributed by atoms with van der Waals surface area (Å²) in [6, 6.07) is 4.79. The lowest BCUT2D eigenvalue weighted by molar-refractivity contribution is -0.108. The minimum atomic E-state index is -0.626. The third-order valence-corrected chi connectivity index (χ3v) is 2.70. The topological polar surface area (TPSA) is 85.4 Å². The lowest BCUT2D eigenvalue weighted by Crippen LogP contribution is -2.27. The first-order valence-corrected chi connectivity index (χ1v) is 7.15. The second-order valence-electron chi connectivity index (χ2n) is 6.17. The number of nitrogens with one attached hydrogen (secondary N) is 1. The lowest BCUT2D eigenvalue weighted by Gasteiger charge is -2.19. The maximum Gasteiger partial charge on any atom is 0.413 e. The minimum absolute atomic E-state index is 0.0331. The summed E-state index contributed by atoms with van der Waals surface area (Å²) >= 11 is 0. The van der Waals surface area contributed by atoms with Crippen molar-refractivity contribution in [2.45, 2.75) is 46.1 Å². The zero-order chi connectivity index (χ0) is 16.8. The number of rotatable bonds is 6. The van der Waals surface area contributed by atoms with Crippen molar-refractivity contribution >= 4 is 24.0 Å². The first-order chi connectivity index (χ1) is 10.2. The molecule has 22 heavy (non-hydrogen) atoms. The molecule has 6 heteroatoms. The number of aldehydes is 1. The maximum absolute atomic E-state index is 12.1. The number of hydrogen-bond acceptors (Lipinski definition) is 5. The highest BCUT2D eigenvalue weighted by Gasteiger charge is 2.17. The summed E-state index contributed by atoms with van der Waals surface area (Å²) in [4.78, 5) is 38.3. The first-order valence-electron chi connectivity index (χ1n) is 7.15. The van der Waals surface area contributed by atoms with E-state index in [-0.39, 0.29) is 29.6 Å². The monoisotopic (exact) mass is 306 g/mol. The predicted molar refractivity (Wildman–Crippen MR) is 82.9 cm³/mol. The van der Waals surface area contributed by atoms with Crippen molar-refractivity contribution in [3.05, 3.63) is 23.9 Å². The van der Waals surface area contributed by atoms with Gasteiger partial charge in [0.2, 0.25) is 0 Å². The van der Waals surface area contributed by atoms with Crippen LogP contribution in [0, 0.1) is 5.92 Å². The van der Waals surface area contributed by atoms with Gasteiger partial charge in [0.1, 0.15) is 23.4 Å². The third kappa shape index (κ3) is 6.47. The standard InChI is InChI=1S/C16H22N2O4/c1-11(8-9-19)10-13(20)12-6-5-7-14(17-12)18-15(21)22-16(2,3)4/h5-7,9,11H,8,10H2,1-4H3,(H,17,18,21)/t11-/m1/s1. The van der Waals surface area contributed by atoms with E-state index in [1.165, 1.54) is 0 Å². The molecule has 0 bridgehead atoms. The molecule has 1 atom stereocenters. The Morgan fingerprint density at radius 2 is 2.05 bits per heavy atom. The second-order valence-corrected chi connectivity index (χ2v) is 6.17. The van der Waals surface area contributed by atoms with E-state index in [1.807, 2.05) is 6.92 Å². The molecule has 1 rings (SSSR count). The molecule has 0 aliphatic rings. The Kier molecular flexibility index (Phi) is 6.22. The highest BCUT2D eigenvalue weighted by Crippen LogP contribution is 2.14. The summed E-state index contributed by atoms with van der Waals surface area (Å²) in [5.41, 5.74) is -0.354. The number of ketones is 1. The fraction of sp³-hybridized carbons (Fsp3) is 0.500. The molecule has 0 fully saturated rings. The molecule has 0 aliphatic carbocycles. The van der Waals surface area contributed by atoms with Crippen LogP contribution in [0.1, 0.15) is 51.0 Å². The molecule has 1 amide bonds. The van der Waals surface area contributed by atoms with Gasteiger partial charge >= 0.3 is 6.09 Å². The van der Waals surface area contributed by atoms with Gasteiger partial charge in [0.15, 0.2) is 5.78 Å². The third-order valence-electron chi connectivity index (χ3n) is 2.70. The van der Waals surface area contributed by atoms with Gasteiger partial charge in [-0.05, 0) is 38.8 Å². The Bertz CT molecular complexity index is 549. The Balaban J connectivity index is 2.71. The molecule has 0 aromatic carbocycles. The van der Waals surface area contributed by atoms with Gasteiger partial charge in [-0.1, -0.05) is 13.0 Å². The molecule has 1 aromatic rings. The smallest absolute Gasteiger partial charge is 0.413 e. The van der Waals surface area contributed by atoms with Crippen molar-refractivity contribution in [3.63, 3.8) is 0 Å². The van der Waals surface area contributed by atoms with Gasteiger partial charge in [-0.25, -0.2) is 9.78 Å². The van der Waals surface area contributed by atoms with Crippen LogP contribution in [0.15, 0.2) is 18.2 Å². The largest absolute Gasteiger partial charge is 0.444 e. The summed E-state index contributed by atoms with van der Waals surface area (Å²) in [5, 5.41) is 2.49. The van der Waals surface area contributed by atoms with Crippen LogP contribution < -0.4 is 5.32 Å². The maximum atomic E-state index is 12.1. The molecule has 0 saturated heterocycles. The molecule has 120 valence electrons. The summed E-state index contributed by atoms with van der Waals surface area (Å²) in [7, 11) is 0. The van der Waals surface area contributed by atoms with E-state index in [1.54, 1.807) is 39.0 Å². The van der Waals surface area contributed by atoms with Gasteiger partial charge < -0.3 is 9.53 Å². The van der Waals surface area contributed by atoms with Crippen LogP contribution in [-0.4, -0.2) is 28.7 Å².